The van der Waals surface area contributed by atoms with E-state index in [1.807, 2.05) is 40.0 Å². The number of aromatic nitrogens is 2. The van der Waals surface area contributed by atoms with Crippen molar-refractivity contribution >= 4 is 11.7 Å². The third-order valence-electron chi connectivity index (χ3n) is 5.18. The van der Waals surface area contributed by atoms with Crippen LogP contribution in [0.1, 0.15) is 24.8 Å². The van der Waals surface area contributed by atoms with E-state index in [0.29, 0.717) is 26.1 Å². The Hall–Kier alpha value is -2.34. The lowest BCUT2D eigenvalue weighted by Crippen LogP contribution is -2.49. The van der Waals surface area contributed by atoms with Crippen LogP contribution < -0.4 is 4.90 Å². The highest BCUT2D eigenvalue weighted by atomic mass is 16.3. The molecule has 6 heteroatoms. The van der Waals surface area contributed by atoms with Gasteiger partial charge in [-0.1, -0.05) is 30.3 Å². The number of hydrogen-bond acceptors (Lipinski definition) is 4. The smallest absolute Gasteiger partial charge is 0.256 e. The topological polar surface area (TPSA) is 61.6 Å². The summed E-state index contributed by atoms with van der Waals surface area (Å²) in [5.74, 6) is 0.706. The summed E-state index contributed by atoms with van der Waals surface area (Å²) in [6, 6.07) is 12.1. The van der Waals surface area contributed by atoms with Crippen molar-refractivity contribution in [2.24, 2.45) is 0 Å². The number of hydrogen-bond donors (Lipinski definition) is 1. The van der Waals surface area contributed by atoms with Crippen LogP contribution in [0.4, 0.5) is 5.82 Å². The van der Waals surface area contributed by atoms with Gasteiger partial charge in [0.05, 0.1) is 13.1 Å². The Morgan fingerprint density at radius 2 is 1.88 bits per heavy atom. The zero-order valence-corrected chi connectivity index (χ0v) is 14.3. The number of nitrogens with zero attached hydrogens (tertiary/aromatic N) is 4. The van der Waals surface area contributed by atoms with Crippen molar-refractivity contribution in [3.05, 3.63) is 48.2 Å². The van der Waals surface area contributed by atoms with E-state index in [4.69, 9.17) is 0 Å². The summed E-state index contributed by atoms with van der Waals surface area (Å²) in [7, 11) is 0. The first kappa shape index (κ1) is 16.1. The quantitative estimate of drug-likeness (QED) is 0.916. The molecule has 0 radical (unpaired) electrons. The molecule has 0 saturated carbocycles. The first-order valence-corrected chi connectivity index (χ1v) is 8.98. The van der Waals surface area contributed by atoms with Gasteiger partial charge in [0, 0.05) is 38.3 Å². The molecule has 1 aromatic carbocycles. The van der Waals surface area contributed by atoms with Crippen molar-refractivity contribution < 1.29 is 9.90 Å². The maximum Gasteiger partial charge on any atom is 0.256 e. The molecular formula is C19H24N4O2. The minimum Gasteiger partial charge on any atom is -0.378 e. The van der Waals surface area contributed by atoms with Crippen LogP contribution in [0.15, 0.2) is 42.6 Å². The van der Waals surface area contributed by atoms with Crippen LogP contribution in [-0.2, 0) is 11.3 Å². The molecular weight excluding hydrogens is 316 g/mol. The third-order valence-corrected chi connectivity index (χ3v) is 5.18. The molecule has 0 bridgehead atoms. The summed E-state index contributed by atoms with van der Waals surface area (Å²) in [6.07, 6.45) is 4.49. The van der Waals surface area contributed by atoms with Gasteiger partial charge in [0.25, 0.3) is 5.91 Å². The van der Waals surface area contributed by atoms with E-state index in [0.717, 1.165) is 31.7 Å². The normalized spacial score (nSPS) is 23.4. The van der Waals surface area contributed by atoms with Crippen molar-refractivity contribution in [3.63, 3.8) is 0 Å². The van der Waals surface area contributed by atoms with Gasteiger partial charge in [0.1, 0.15) is 0 Å². The van der Waals surface area contributed by atoms with E-state index >= 15 is 0 Å². The van der Waals surface area contributed by atoms with Crippen molar-refractivity contribution in [2.75, 3.05) is 31.1 Å². The minimum absolute atomic E-state index is 0.115. The summed E-state index contributed by atoms with van der Waals surface area (Å²) < 4.78 is 1.89. The van der Waals surface area contributed by atoms with Gasteiger partial charge in [-0.3, -0.25) is 9.48 Å². The molecule has 0 aliphatic carbocycles. The van der Waals surface area contributed by atoms with Crippen molar-refractivity contribution in [3.8, 4) is 0 Å². The lowest BCUT2D eigenvalue weighted by Gasteiger charge is -2.27. The third kappa shape index (κ3) is 3.26. The van der Waals surface area contributed by atoms with E-state index in [2.05, 4.69) is 17.2 Å². The number of anilines is 1. The molecule has 132 valence electrons. The number of likely N-dealkylation sites (tertiary alicyclic amines) is 1. The summed E-state index contributed by atoms with van der Waals surface area (Å²) in [4.78, 5) is 16.4. The molecule has 6 nitrogen and oxygen atoms in total. The number of carbonyl (C=O) groups excluding carboxylic acids is 1. The Morgan fingerprint density at radius 1 is 1.12 bits per heavy atom. The Bertz CT molecular complexity index is 739. The summed E-state index contributed by atoms with van der Waals surface area (Å²) in [6.45, 7) is 3.23. The molecule has 2 aromatic rings. The molecule has 4 rings (SSSR count). The van der Waals surface area contributed by atoms with Gasteiger partial charge in [-0.15, -0.1) is 0 Å². The summed E-state index contributed by atoms with van der Waals surface area (Å²) >= 11 is 0. The lowest BCUT2D eigenvalue weighted by atomic mass is 10.0. The maximum absolute atomic E-state index is 12.6. The standard InChI is InChI=1S/C19H24N4O2/c24-18(21-10-4-5-11-21)19(25)9-13-22(15-19)17-8-12-23(20-17)14-16-6-2-1-3-7-16/h1-3,6-8,12,25H,4-5,9-11,13-15H2. The number of rotatable bonds is 4. The predicted molar refractivity (Wildman–Crippen MR) is 95.4 cm³/mol. The number of benzene rings is 1. The number of carbonyl (C=O) groups is 1. The Balaban J connectivity index is 1.42. The van der Waals surface area contributed by atoms with E-state index in [1.54, 1.807) is 4.90 Å². The second-order valence-corrected chi connectivity index (χ2v) is 7.06. The van der Waals surface area contributed by atoms with Gasteiger partial charge in [0.2, 0.25) is 0 Å². The van der Waals surface area contributed by atoms with E-state index in [-0.39, 0.29) is 5.91 Å². The second kappa shape index (κ2) is 6.52. The fraction of sp³-hybridized carbons (Fsp3) is 0.474. The molecule has 1 atom stereocenters. The monoisotopic (exact) mass is 340 g/mol. The van der Waals surface area contributed by atoms with Gasteiger partial charge in [-0.2, -0.15) is 5.10 Å². The average Bonchev–Trinajstić information content (AvgIpc) is 3.36. The summed E-state index contributed by atoms with van der Waals surface area (Å²) in [5.41, 5.74) is -0.0765. The van der Waals surface area contributed by atoms with E-state index in [9.17, 15) is 9.90 Å². The minimum atomic E-state index is -1.27. The molecule has 1 unspecified atom stereocenters. The molecule has 2 fully saturated rings. The first-order valence-electron chi connectivity index (χ1n) is 8.98. The fourth-order valence-corrected chi connectivity index (χ4v) is 3.76. The molecule has 2 aliphatic rings. The van der Waals surface area contributed by atoms with Crippen LogP contribution in [0, 0.1) is 0 Å². The molecule has 0 spiro atoms. The van der Waals surface area contributed by atoms with E-state index < -0.39 is 5.60 Å². The van der Waals surface area contributed by atoms with E-state index in [1.165, 1.54) is 5.56 Å². The Morgan fingerprint density at radius 3 is 2.64 bits per heavy atom. The summed E-state index contributed by atoms with van der Waals surface area (Å²) in [5, 5.41) is 15.4. The highest BCUT2D eigenvalue weighted by Crippen LogP contribution is 2.28. The van der Waals surface area contributed by atoms with Gasteiger partial charge in [-0.25, -0.2) is 0 Å². The van der Waals surface area contributed by atoms with Crippen LogP contribution in [0.25, 0.3) is 0 Å². The first-order chi connectivity index (χ1) is 12.1. The second-order valence-electron chi connectivity index (χ2n) is 7.06. The van der Waals surface area contributed by atoms with Crippen molar-refractivity contribution in [1.29, 1.82) is 0 Å². The van der Waals surface area contributed by atoms with Gasteiger partial charge >= 0.3 is 0 Å². The SMILES string of the molecule is O=C(N1CCCC1)C1(O)CCN(c2ccn(Cc3ccccc3)n2)C1. The van der Waals surface area contributed by atoms with Crippen LogP contribution in [-0.4, -0.2) is 57.5 Å². The zero-order chi connectivity index (χ0) is 17.3. The van der Waals surface area contributed by atoms with Crippen LogP contribution in [0.2, 0.25) is 0 Å². The molecule has 2 saturated heterocycles. The molecule has 1 aromatic heterocycles. The highest BCUT2D eigenvalue weighted by Gasteiger charge is 2.46. The zero-order valence-electron chi connectivity index (χ0n) is 14.3. The van der Waals surface area contributed by atoms with Crippen molar-refractivity contribution in [2.45, 2.75) is 31.4 Å². The van der Waals surface area contributed by atoms with Crippen molar-refractivity contribution in [1.82, 2.24) is 14.7 Å². The highest BCUT2D eigenvalue weighted by molar-refractivity contribution is 5.86. The molecule has 1 N–H and O–H groups in total. The Kier molecular flexibility index (Phi) is 4.21. The number of β-amino-alcohol motifs (C(OH)–C–C–N with tert-alkyl or cyclic N) is 1. The molecule has 1 amide bonds. The average molecular weight is 340 g/mol. The Labute approximate surface area is 147 Å². The lowest BCUT2D eigenvalue weighted by molar-refractivity contribution is -0.147. The fourth-order valence-electron chi connectivity index (χ4n) is 3.76. The van der Waals surface area contributed by atoms with Crippen LogP contribution in [0.5, 0.6) is 0 Å². The van der Waals surface area contributed by atoms with Gasteiger partial charge in [-0.05, 0) is 18.4 Å². The van der Waals surface area contributed by atoms with Crippen LogP contribution >= 0.6 is 0 Å². The number of amides is 1. The predicted octanol–water partition coefficient (Wildman–Crippen LogP) is 1.49. The van der Waals surface area contributed by atoms with Gasteiger partial charge < -0.3 is 14.9 Å². The molecule has 25 heavy (non-hydrogen) atoms. The largest absolute Gasteiger partial charge is 0.378 e. The van der Waals surface area contributed by atoms with Crippen LogP contribution in [0.3, 0.4) is 0 Å². The molecule has 2 aliphatic heterocycles. The molecule has 3 heterocycles. The maximum atomic E-state index is 12.6. The number of aliphatic hydroxyl groups is 1. The van der Waals surface area contributed by atoms with Gasteiger partial charge in [0.15, 0.2) is 11.4 Å².